The molecule has 0 radical (unpaired) electrons. The molecule has 14 heteroatoms. The Kier molecular flexibility index (Phi) is 7.15. The van der Waals surface area contributed by atoms with Crippen LogP contribution in [0.1, 0.15) is 46.6 Å². The van der Waals surface area contributed by atoms with Crippen LogP contribution >= 0.6 is 23.4 Å². The minimum atomic E-state index is -5.02. The molecule has 0 amide bonds. The number of nitrogens with zero attached hydrogens (tertiary/aromatic N) is 3. The number of thioether (sulfide) groups is 1. The number of carbonyl (C=O) groups is 1. The molecule has 4 rings (SSSR count). The molecule has 0 saturated carbocycles. The number of rotatable bonds is 5. The van der Waals surface area contributed by atoms with Crippen LogP contribution < -0.4 is 4.74 Å². The van der Waals surface area contributed by atoms with Gasteiger partial charge in [-0.1, -0.05) is 29.8 Å². The summed E-state index contributed by atoms with van der Waals surface area (Å²) in [5, 5.41) is 5.09. The lowest BCUT2D eigenvalue weighted by Crippen LogP contribution is -2.19. The monoisotopic (exact) mass is 551 g/mol. The highest BCUT2D eigenvalue weighted by Crippen LogP contribution is 2.53. The Morgan fingerprint density at radius 2 is 1.81 bits per heavy atom. The molecule has 36 heavy (non-hydrogen) atoms. The smallest absolute Gasteiger partial charge is 0.466 e. The molecule has 3 aromatic rings. The van der Waals surface area contributed by atoms with E-state index in [4.69, 9.17) is 16.3 Å². The van der Waals surface area contributed by atoms with Crippen LogP contribution in [0.3, 0.4) is 0 Å². The van der Waals surface area contributed by atoms with E-state index in [0.29, 0.717) is 0 Å². The van der Waals surface area contributed by atoms with E-state index in [0.717, 1.165) is 22.4 Å². The molecule has 0 spiro atoms. The van der Waals surface area contributed by atoms with Gasteiger partial charge < -0.3 is 9.47 Å². The van der Waals surface area contributed by atoms with Gasteiger partial charge in [0.05, 0.1) is 29.2 Å². The quantitative estimate of drug-likeness (QED) is 0.261. The third-order valence-electron chi connectivity index (χ3n) is 5.13. The first-order chi connectivity index (χ1) is 16.9. The molecule has 192 valence electrons. The minimum absolute atomic E-state index is 0.0180. The maximum Gasteiger partial charge on any atom is 0.573 e. The topological polar surface area (TPSA) is 66.2 Å². The van der Waals surface area contributed by atoms with E-state index >= 15 is 0 Å². The Hall–Kier alpha value is -2.93. The molecule has 0 saturated heterocycles. The van der Waals surface area contributed by atoms with Gasteiger partial charge in [0, 0.05) is 10.6 Å². The molecular weight excluding hydrogens is 536 g/mol. The van der Waals surface area contributed by atoms with Crippen LogP contribution in [0, 0.1) is 0 Å². The predicted octanol–water partition coefficient (Wildman–Crippen LogP) is 6.67. The first kappa shape index (κ1) is 26.1. The van der Waals surface area contributed by atoms with Crippen molar-refractivity contribution in [2.24, 2.45) is 0 Å². The van der Waals surface area contributed by atoms with Crippen molar-refractivity contribution < 1.29 is 40.6 Å². The number of alkyl halides is 6. The van der Waals surface area contributed by atoms with E-state index in [-0.39, 0.29) is 34.3 Å². The van der Waals surface area contributed by atoms with Gasteiger partial charge in [0.25, 0.3) is 0 Å². The number of ether oxygens (including phenoxy) is 2. The third-order valence-corrected chi connectivity index (χ3v) is 6.85. The first-order valence-electron chi connectivity index (χ1n) is 10.4. The fourth-order valence-corrected chi connectivity index (χ4v) is 5.52. The van der Waals surface area contributed by atoms with Gasteiger partial charge in [-0.05, 0) is 36.8 Å². The Morgan fingerprint density at radius 1 is 1.08 bits per heavy atom. The summed E-state index contributed by atoms with van der Waals surface area (Å²) in [6, 6.07) is 9.26. The van der Waals surface area contributed by atoms with Crippen LogP contribution in [0.25, 0.3) is 5.69 Å². The number of benzene rings is 2. The van der Waals surface area contributed by atoms with Gasteiger partial charge >= 0.3 is 18.5 Å². The number of hydrogen-bond acceptors (Lipinski definition) is 6. The number of esters is 1. The molecule has 2 heterocycles. The highest BCUT2D eigenvalue weighted by molar-refractivity contribution is 8.00. The van der Waals surface area contributed by atoms with Crippen LogP contribution in [0.5, 0.6) is 5.75 Å². The summed E-state index contributed by atoms with van der Waals surface area (Å²) in [4.78, 5) is 12.4. The second-order valence-electron chi connectivity index (χ2n) is 7.52. The molecule has 1 aliphatic heterocycles. The Morgan fingerprint density at radius 3 is 2.47 bits per heavy atom. The van der Waals surface area contributed by atoms with Crippen LogP contribution in [-0.2, 0) is 15.7 Å². The summed E-state index contributed by atoms with van der Waals surface area (Å²) in [6.07, 6.45) is -10.3. The highest BCUT2D eigenvalue weighted by Gasteiger charge is 2.44. The number of halogens is 7. The zero-order chi connectivity index (χ0) is 26.3. The number of carbonyl (C=O) groups excluding carboxylic acids is 1. The van der Waals surface area contributed by atoms with Gasteiger partial charge in [-0.25, -0.2) is 0 Å². The zero-order valence-electron chi connectivity index (χ0n) is 18.2. The largest absolute Gasteiger partial charge is 0.573 e. The lowest BCUT2D eigenvalue weighted by atomic mass is 10.0. The number of hydrogen-bond donors (Lipinski definition) is 0. The van der Waals surface area contributed by atoms with Crippen molar-refractivity contribution in [3.05, 3.63) is 70.3 Å². The van der Waals surface area contributed by atoms with Crippen LogP contribution in [0.15, 0.2) is 42.5 Å². The van der Waals surface area contributed by atoms with Crippen LogP contribution in [0.4, 0.5) is 26.3 Å². The van der Waals surface area contributed by atoms with Gasteiger partial charge in [0.15, 0.2) is 5.82 Å². The molecule has 1 aromatic heterocycles. The summed E-state index contributed by atoms with van der Waals surface area (Å²) in [5.74, 6) is -2.82. The highest BCUT2D eigenvalue weighted by atomic mass is 35.5. The standard InChI is InChI=1S/C22H16ClF6N3O3S/c1-2-34-17(33)10-16-19-30-31-20(21(24,25)26)32(19)14-8-7-11(23)9-13(14)18(36-16)12-5-3-4-6-15(12)35-22(27,28)29/h3-9,16,18H,2,10H2,1H3/t16-,18-/m1/s1. The van der Waals surface area contributed by atoms with E-state index in [2.05, 4.69) is 14.9 Å². The van der Waals surface area contributed by atoms with Gasteiger partial charge in [-0.3, -0.25) is 9.36 Å². The summed E-state index contributed by atoms with van der Waals surface area (Å²) >= 11 is 7.08. The van der Waals surface area contributed by atoms with Gasteiger partial charge in [0.2, 0.25) is 5.82 Å². The zero-order valence-corrected chi connectivity index (χ0v) is 19.8. The van der Waals surface area contributed by atoms with E-state index in [9.17, 15) is 31.1 Å². The average Bonchev–Trinajstić information content (AvgIpc) is 3.17. The average molecular weight is 552 g/mol. The summed E-state index contributed by atoms with van der Waals surface area (Å²) in [7, 11) is 0. The molecule has 0 N–H and O–H groups in total. The van der Waals surface area contributed by atoms with E-state index in [1.807, 2.05) is 0 Å². The third kappa shape index (κ3) is 5.41. The molecular formula is C22H16ClF6N3O3S. The Bertz CT molecular complexity index is 1280. The van der Waals surface area contributed by atoms with E-state index in [1.165, 1.54) is 36.4 Å². The van der Waals surface area contributed by atoms with E-state index in [1.54, 1.807) is 6.92 Å². The second kappa shape index (κ2) is 9.85. The normalized spacial score (nSPS) is 17.7. The maximum absolute atomic E-state index is 13.9. The number of para-hydroxylation sites is 1. The Labute approximate surface area is 209 Å². The van der Waals surface area contributed by atoms with Crippen molar-refractivity contribution in [1.29, 1.82) is 0 Å². The number of aromatic nitrogens is 3. The van der Waals surface area contributed by atoms with Gasteiger partial charge in [-0.15, -0.1) is 35.1 Å². The summed E-state index contributed by atoms with van der Waals surface area (Å²) in [6.45, 7) is 1.59. The molecule has 2 atom stereocenters. The first-order valence-corrected chi connectivity index (χ1v) is 11.7. The van der Waals surface area contributed by atoms with Crippen molar-refractivity contribution in [3.8, 4) is 11.4 Å². The van der Waals surface area contributed by atoms with Crippen molar-refractivity contribution >= 4 is 29.3 Å². The van der Waals surface area contributed by atoms with Gasteiger partial charge in [0.1, 0.15) is 5.75 Å². The molecule has 0 unspecified atom stereocenters. The van der Waals surface area contributed by atoms with Crippen molar-refractivity contribution in [3.63, 3.8) is 0 Å². The number of fused-ring (bicyclic) bond motifs is 3. The van der Waals surface area contributed by atoms with Crippen molar-refractivity contribution in [2.45, 2.75) is 36.4 Å². The fourth-order valence-electron chi connectivity index (χ4n) is 3.83. The molecule has 0 aliphatic carbocycles. The van der Waals surface area contributed by atoms with Crippen molar-refractivity contribution in [2.75, 3.05) is 6.61 Å². The predicted molar refractivity (Wildman–Crippen MR) is 118 cm³/mol. The SMILES string of the molecule is CCOC(=O)C[C@H]1S[C@H](c2ccccc2OC(F)(F)F)c2cc(Cl)ccc2-n2c1nnc2C(F)(F)F. The van der Waals surface area contributed by atoms with E-state index < -0.39 is 47.0 Å². The Balaban J connectivity index is 1.97. The summed E-state index contributed by atoms with van der Waals surface area (Å²) in [5.41, 5.74) is 0.130. The second-order valence-corrected chi connectivity index (χ2v) is 9.27. The maximum atomic E-state index is 13.9. The summed E-state index contributed by atoms with van der Waals surface area (Å²) < 4.78 is 91.1. The van der Waals surface area contributed by atoms with Gasteiger partial charge in [-0.2, -0.15) is 13.2 Å². The minimum Gasteiger partial charge on any atom is -0.466 e. The molecule has 2 aromatic carbocycles. The van der Waals surface area contributed by atoms with Crippen LogP contribution in [0.2, 0.25) is 5.02 Å². The lowest BCUT2D eigenvalue weighted by molar-refractivity contribution is -0.274. The van der Waals surface area contributed by atoms with Crippen LogP contribution in [-0.4, -0.2) is 33.7 Å². The van der Waals surface area contributed by atoms with Crippen molar-refractivity contribution in [1.82, 2.24) is 14.8 Å². The molecule has 1 aliphatic rings. The fraction of sp³-hybridized carbons (Fsp3) is 0.318. The lowest BCUT2D eigenvalue weighted by Gasteiger charge is -2.23. The molecule has 0 bridgehead atoms. The molecule has 0 fully saturated rings. The molecule has 6 nitrogen and oxygen atoms in total.